The minimum Gasteiger partial charge on any atom is -0.370 e. The third-order valence-corrected chi connectivity index (χ3v) is 5.51. The highest BCUT2D eigenvalue weighted by Gasteiger charge is 2.35. The van der Waals surface area contributed by atoms with E-state index >= 15 is 0 Å². The Morgan fingerprint density at radius 2 is 1.69 bits per heavy atom. The van der Waals surface area contributed by atoms with Gasteiger partial charge in [0, 0.05) is 37.8 Å². The first-order valence-electron chi connectivity index (χ1n) is 9.92. The fourth-order valence-corrected chi connectivity index (χ4v) is 4.05. The summed E-state index contributed by atoms with van der Waals surface area (Å²) in [5.74, 6) is -2.67. The number of halogens is 2. The third kappa shape index (κ3) is 4.23. The Kier molecular flexibility index (Phi) is 5.47. The molecule has 2 heterocycles. The summed E-state index contributed by atoms with van der Waals surface area (Å²) < 4.78 is 27.0. The van der Waals surface area contributed by atoms with E-state index in [9.17, 15) is 18.4 Å². The molecule has 0 aliphatic carbocycles. The smallest absolute Gasteiger partial charge is 0.229 e. The summed E-state index contributed by atoms with van der Waals surface area (Å²) in [5, 5.41) is 2.96. The van der Waals surface area contributed by atoms with Gasteiger partial charge in [-0.1, -0.05) is 12.1 Å². The molecule has 152 valence electrons. The zero-order valence-corrected chi connectivity index (χ0v) is 16.0. The van der Waals surface area contributed by atoms with E-state index in [2.05, 4.69) is 10.2 Å². The highest BCUT2D eigenvalue weighted by Crippen LogP contribution is 2.31. The van der Waals surface area contributed by atoms with Crippen LogP contribution < -0.4 is 15.1 Å². The van der Waals surface area contributed by atoms with Gasteiger partial charge in [0.05, 0.1) is 17.3 Å². The maximum atomic E-state index is 13.5. The molecule has 2 fully saturated rings. The number of nitrogens with one attached hydrogen (secondary N) is 1. The average Bonchev–Trinajstić information content (AvgIpc) is 3.10. The third-order valence-electron chi connectivity index (χ3n) is 5.51. The van der Waals surface area contributed by atoms with Gasteiger partial charge in [0.25, 0.3) is 0 Å². The molecule has 1 unspecified atom stereocenters. The highest BCUT2D eigenvalue weighted by molar-refractivity contribution is 6.04. The van der Waals surface area contributed by atoms with Crippen LogP contribution in [0.5, 0.6) is 0 Å². The number of para-hydroxylation sites is 2. The minimum atomic E-state index is -0.754. The van der Waals surface area contributed by atoms with Crippen molar-refractivity contribution in [1.82, 2.24) is 0 Å². The molecule has 4 rings (SSSR count). The topological polar surface area (TPSA) is 52.7 Å². The van der Waals surface area contributed by atoms with Crippen LogP contribution in [0, 0.1) is 17.6 Å². The van der Waals surface area contributed by atoms with Crippen molar-refractivity contribution in [2.45, 2.75) is 25.7 Å². The van der Waals surface area contributed by atoms with Gasteiger partial charge in [0.15, 0.2) is 0 Å². The normalized spacial score (nSPS) is 19.5. The Hall–Kier alpha value is -2.96. The average molecular weight is 399 g/mol. The molecular formula is C22H23F2N3O2. The largest absolute Gasteiger partial charge is 0.370 e. The van der Waals surface area contributed by atoms with Crippen LogP contribution in [0.3, 0.4) is 0 Å². The Bertz CT molecular complexity index is 908. The fraction of sp³-hybridized carbons (Fsp3) is 0.364. The first kappa shape index (κ1) is 19.4. The highest BCUT2D eigenvalue weighted by atomic mass is 19.1. The van der Waals surface area contributed by atoms with Crippen molar-refractivity contribution in [3.63, 3.8) is 0 Å². The summed E-state index contributed by atoms with van der Waals surface area (Å²) in [6.07, 6.45) is 3.47. The molecule has 5 nitrogen and oxygen atoms in total. The van der Waals surface area contributed by atoms with Crippen LogP contribution in [-0.4, -0.2) is 31.4 Å². The molecular weight excluding hydrogens is 376 g/mol. The van der Waals surface area contributed by atoms with E-state index in [4.69, 9.17) is 0 Å². The van der Waals surface area contributed by atoms with Gasteiger partial charge < -0.3 is 15.1 Å². The van der Waals surface area contributed by atoms with Gasteiger partial charge in [-0.15, -0.1) is 0 Å². The zero-order valence-electron chi connectivity index (χ0n) is 16.0. The van der Waals surface area contributed by atoms with Gasteiger partial charge in [0.1, 0.15) is 11.6 Å². The van der Waals surface area contributed by atoms with E-state index < -0.39 is 17.6 Å². The Morgan fingerprint density at radius 1 is 1.00 bits per heavy atom. The molecule has 29 heavy (non-hydrogen) atoms. The number of amides is 2. The number of rotatable bonds is 4. The van der Waals surface area contributed by atoms with Crippen molar-refractivity contribution in [1.29, 1.82) is 0 Å². The van der Waals surface area contributed by atoms with Gasteiger partial charge in [-0.2, -0.15) is 0 Å². The number of carbonyl (C=O) groups excluding carboxylic acids is 2. The molecule has 0 aromatic heterocycles. The second-order valence-electron chi connectivity index (χ2n) is 7.59. The molecule has 2 aliphatic rings. The SMILES string of the molecule is O=C(Nc1ccccc1N1CCCCC1)C1CC(=O)N(c2cc(F)cc(F)c2)C1. The molecule has 2 aliphatic heterocycles. The monoisotopic (exact) mass is 399 g/mol. The molecule has 2 aromatic rings. The van der Waals surface area contributed by atoms with Crippen molar-refractivity contribution >= 4 is 28.9 Å². The molecule has 0 radical (unpaired) electrons. The van der Waals surface area contributed by atoms with E-state index in [-0.39, 0.29) is 30.5 Å². The Balaban J connectivity index is 1.48. The van der Waals surface area contributed by atoms with Gasteiger partial charge in [-0.05, 0) is 43.5 Å². The Morgan fingerprint density at radius 3 is 2.41 bits per heavy atom. The number of carbonyl (C=O) groups is 2. The summed E-state index contributed by atoms with van der Waals surface area (Å²) in [4.78, 5) is 28.8. The van der Waals surface area contributed by atoms with E-state index in [1.807, 2.05) is 24.3 Å². The van der Waals surface area contributed by atoms with Crippen LogP contribution in [0.1, 0.15) is 25.7 Å². The summed E-state index contributed by atoms with van der Waals surface area (Å²) in [5.41, 5.74) is 1.84. The lowest BCUT2D eigenvalue weighted by molar-refractivity contribution is -0.122. The maximum Gasteiger partial charge on any atom is 0.229 e. The quantitative estimate of drug-likeness (QED) is 0.847. The molecule has 1 N–H and O–H groups in total. The molecule has 0 bridgehead atoms. The second kappa shape index (κ2) is 8.19. The van der Waals surface area contributed by atoms with Crippen molar-refractivity contribution in [2.24, 2.45) is 5.92 Å². The van der Waals surface area contributed by atoms with Crippen LogP contribution in [0.15, 0.2) is 42.5 Å². The number of benzene rings is 2. The van der Waals surface area contributed by atoms with E-state index in [0.717, 1.165) is 55.5 Å². The van der Waals surface area contributed by atoms with Crippen LogP contribution in [-0.2, 0) is 9.59 Å². The van der Waals surface area contributed by atoms with Crippen molar-refractivity contribution < 1.29 is 18.4 Å². The number of anilines is 3. The number of piperidine rings is 1. The molecule has 2 aromatic carbocycles. The lowest BCUT2D eigenvalue weighted by atomic mass is 10.1. The number of hydrogen-bond acceptors (Lipinski definition) is 3. The summed E-state index contributed by atoms with van der Waals surface area (Å²) in [6.45, 7) is 2.00. The van der Waals surface area contributed by atoms with E-state index in [1.165, 1.54) is 11.3 Å². The van der Waals surface area contributed by atoms with Gasteiger partial charge in [-0.25, -0.2) is 8.78 Å². The van der Waals surface area contributed by atoms with E-state index in [0.29, 0.717) is 0 Å². The lowest BCUT2D eigenvalue weighted by Crippen LogP contribution is -2.31. The molecule has 7 heteroatoms. The van der Waals surface area contributed by atoms with E-state index in [1.54, 1.807) is 0 Å². The first-order valence-corrected chi connectivity index (χ1v) is 9.92. The van der Waals surface area contributed by atoms with Crippen LogP contribution >= 0.6 is 0 Å². The zero-order chi connectivity index (χ0) is 20.4. The van der Waals surface area contributed by atoms with Crippen molar-refractivity contribution in [3.8, 4) is 0 Å². The fourth-order valence-electron chi connectivity index (χ4n) is 4.05. The predicted molar refractivity (Wildman–Crippen MR) is 108 cm³/mol. The van der Waals surface area contributed by atoms with Crippen molar-refractivity contribution in [3.05, 3.63) is 54.1 Å². The summed E-state index contributed by atoms with van der Waals surface area (Å²) in [6, 6.07) is 10.6. The molecule has 2 saturated heterocycles. The van der Waals surface area contributed by atoms with Crippen LogP contribution in [0.2, 0.25) is 0 Å². The van der Waals surface area contributed by atoms with Gasteiger partial charge in [-0.3, -0.25) is 9.59 Å². The van der Waals surface area contributed by atoms with Gasteiger partial charge >= 0.3 is 0 Å². The first-order chi connectivity index (χ1) is 14.0. The summed E-state index contributed by atoms with van der Waals surface area (Å²) in [7, 11) is 0. The molecule has 0 spiro atoms. The molecule has 1 atom stereocenters. The van der Waals surface area contributed by atoms with Gasteiger partial charge in [0.2, 0.25) is 11.8 Å². The lowest BCUT2D eigenvalue weighted by Gasteiger charge is -2.30. The van der Waals surface area contributed by atoms with Crippen LogP contribution in [0.4, 0.5) is 25.8 Å². The van der Waals surface area contributed by atoms with Crippen molar-refractivity contribution in [2.75, 3.05) is 34.8 Å². The molecule has 0 saturated carbocycles. The standard InChI is InChI=1S/C22H23F2N3O2/c23-16-11-17(24)13-18(12-16)27-14-15(10-21(27)28)22(29)25-19-6-2-3-7-20(19)26-8-4-1-5-9-26/h2-3,6-7,11-13,15H,1,4-5,8-10,14H2,(H,25,29). The number of hydrogen-bond donors (Lipinski definition) is 1. The molecule has 2 amide bonds. The van der Waals surface area contributed by atoms with Crippen LogP contribution in [0.25, 0.3) is 0 Å². The second-order valence-corrected chi connectivity index (χ2v) is 7.59. The Labute approximate surface area is 168 Å². The number of nitrogens with zero attached hydrogens (tertiary/aromatic N) is 2. The minimum absolute atomic E-state index is 0.00977. The maximum absolute atomic E-state index is 13.5. The predicted octanol–water partition coefficient (Wildman–Crippen LogP) is 3.95. The summed E-state index contributed by atoms with van der Waals surface area (Å²) >= 11 is 0.